The third-order valence-electron chi connectivity index (χ3n) is 2.67. The first kappa shape index (κ1) is 12.9. The highest BCUT2D eigenvalue weighted by Gasteiger charge is 2.24. The van der Waals surface area contributed by atoms with Crippen molar-refractivity contribution in [3.8, 4) is 5.75 Å². The Balaban J connectivity index is 2.39. The minimum atomic E-state index is -3.76. The van der Waals surface area contributed by atoms with Crippen molar-refractivity contribution in [2.45, 2.75) is 24.7 Å². The van der Waals surface area contributed by atoms with Gasteiger partial charge < -0.3 is 4.74 Å². The zero-order valence-corrected chi connectivity index (χ0v) is 11.8. The number of rotatable bonds is 4. The average Bonchev–Trinajstić information content (AvgIpc) is 2.97. The van der Waals surface area contributed by atoms with Gasteiger partial charge in [-0.2, -0.15) is 0 Å². The van der Waals surface area contributed by atoms with Crippen LogP contribution in [0.2, 0.25) is 0 Å². The van der Waals surface area contributed by atoms with Gasteiger partial charge in [0, 0.05) is 4.47 Å². The molecule has 0 amide bonds. The zero-order chi connectivity index (χ0) is 12.6. The van der Waals surface area contributed by atoms with Crippen molar-refractivity contribution in [2.24, 2.45) is 11.1 Å². The molecule has 4 nitrogen and oxygen atoms in total. The summed E-state index contributed by atoms with van der Waals surface area (Å²) in [6.07, 6.45) is 2.31. The van der Waals surface area contributed by atoms with Gasteiger partial charge in [0.2, 0.25) is 10.0 Å². The van der Waals surface area contributed by atoms with Crippen LogP contribution in [0.5, 0.6) is 5.75 Å². The molecule has 2 rings (SSSR count). The van der Waals surface area contributed by atoms with Gasteiger partial charge in [-0.15, -0.1) is 0 Å². The number of benzene rings is 1. The Morgan fingerprint density at radius 3 is 2.65 bits per heavy atom. The Bertz CT molecular complexity index is 538. The number of hydrogen-bond donors (Lipinski definition) is 1. The molecule has 0 spiro atoms. The predicted molar refractivity (Wildman–Crippen MR) is 68.5 cm³/mol. The average molecular weight is 320 g/mol. The van der Waals surface area contributed by atoms with Gasteiger partial charge in [0.05, 0.1) is 6.61 Å². The van der Waals surface area contributed by atoms with Gasteiger partial charge in [-0.1, -0.05) is 15.9 Å². The number of halogens is 1. The van der Waals surface area contributed by atoms with E-state index in [1.54, 1.807) is 0 Å². The van der Waals surface area contributed by atoms with Gasteiger partial charge in [-0.3, -0.25) is 0 Å². The van der Waals surface area contributed by atoms with Gasteiger partial charge in [-0.05, 0) is 43.4 Å². The zero-order valence-electron chi connectivity index (χ0n) is 9.44. The molecule has 0 atom stereocenters. The van der Waals surface area contributed by atoms with Crippen molar-refractivity contribution in [1.29, 1.82) is 0 Å². The van der Waals surface area contributed by atoms with Gasteiger partial charge in [0.15, 0.2) is 0 Å². The summed E-state index contributed by atoms with van der Waals surface area (Å²) >= 11 is 3.26. The van der Waals surface area contributed by atoms with E-state index in [2.05, 4.69) is 15.9 Å². The van der Waals surface area contributed by atoms with Crippen molar-refractivity contribution >= 4 is 26.0 Å². The highest BCUT2D eigenvalue weighted by molar-refractivity contribution is 9.10. The molecule has 0 aromatic heterocycles. The second-order valence-corrected chi connectivity index (χ2v) is 6.79. The van der Waals surface area contributed by atoms with E-state index in [1.807, 2.05) is 13.0 Å². The lowest BCUT2D eigenvalue weighted by Gasteiger charge is -2.13. The van der Waals surface area contributed by atoms with E-state index < -0.39 is 10.0 Å². The van der Waals surface area contributed by atoms with Crippen LogP contribution in [0.15, 0.2) is 21.5 Å². The molecule has 0 heterocycles. The molecule has 17 heavy (non-hydrogen) atoms. The summed E-state index contributed by atoms with van der Waals surface area (Å²) in [6.45, 7) is 2.37. The fraction of sp³-hybridized carbons (Fsp3) is 0.455. The molecule has 1 aliphatic carbocycles. The number of hydrogen-bond acceptors (Lipinski definition) is 3. The summed E-state index contributed by atoms with van der Waals surface area (Å²) in [4.78, 5) is 0.0463. The Hall–Kier alpha value is -0.590. The molecule has 94 valence electrons. The van der Waals surface area contributed by atoms with E-state index in [9.17, 15) is 8.42 Å². The molecule has 6 heteroatoms. The molecule has 1 saturated carbocycles. The maximum Gasteiger partial charge on any atom is 0.241 e. The van der Waals surface area contributed by atoms with Crippen LogP contribution in [-0.4, -0.2) is 15.0 Å². The number of sulfonamides is 1. The normalized spacial score (nSPS) is 15.9. The van der Waals surface area contributed by atoms with Crippen LogP contribution in [0.4, 0.5) is 0 Å². The van der Waals surface area contributed by atoms with Crippen molar-refractivity contribution in [1.82, 2.24) is 0 Å². The third kappa shape index (κ3) is 3.20. The number of ether oxygens (including phenoxy) is 1. The largest absolute Gasteiger partial charge is 0.492 e. The predicted octanol–water partition coefficient (Wildman–Crippen LogP) is 2.19. The van der Waals surface area contributed by atoms with E-state index in [1.165, 1.54) is 6.07 Å². The molecular formula is C11H14BrNO3S. The van der Waals surface area contributed by atoms with Gasteiger partial charge >= 0.3 is 0 Å². The molecule has 0 bridgehead atoms. The second-order valence-electron chi connectivity index (χ2n) is 4.35. The first-order valence-electron chi connectivity index (χ1n) is 5.33. The lowest BCUT2D eigenvalue weighted by molar-refractivity contribution is 0.290. The maximum atomic E-state index is 11.5. The summed E-state index contributed by atoms with van der Waals surface area (Å²) in [5.41, 5.74) is 0.768. The second kappa shape index (κ2) is 4.59. The summed E-state index contributed by atoms with van der Waals surface area (Å²) in [7, 11) is -3.76. The molecule has 1 aromatic carbocycles. The van der Waals surface area contributed by atoms with E-state index in [4.69, 9.17) is 9.88 Å². The molecule has 0 radical (unpaired) electrons. The Kier molecular flexibility index (Phi) is 3.47. The lowest BCUT2D eigenvalue weighted by Crippen LogP contribution is -2.15. The van der Waals surface area contributed by atoms with Crippen molar-refractivity contribution in [3.63, 3.8) is 0 Å². The molecule has 0 unspecified atom stereocenters. The van der Waals surface area contributed by atoms with Crippen LogP contribution in [0, 0.1) is 12.8 Å². The molecule has 2 N–H and O–H groups in total. The van der Waals surface area contributed by atoms with Crippen LogP contribution in [0.3, 0.4) is 0 Å². The van der Waals surface area contributed by atoms with Crippen LogP contribution in [0.25, 0.3) is 0 Å². The summed E-state index contributed by atoms with van der Waals surface area (Å²) in [5.74, 6) is 0.939. The standard InChI is InChI=1S/C11H14BrNO3S/c1-7-4-9(12)5-10(17(13,14)15)11(7)16-6-8-2-3-8/h4-5,8H,2-3,6H2,1H3,(H2,13,14,15). The van der Waals surface area contributed by atoms with Crippen LogP contribution < -0.4 is 9.88 Å². The Morgan fingerprint density at radius 1 is 1.47 bits per heavy atom. The van der Waals surface area contributed by atoms with E-state index in [0.717, 1.165) is 18.4 Å². The third-order valence-corrected chi connectivity index (χ3v) is 4.05. The number of primary sulfonamides is 1. The first-order chi connectivity index (χ1) is 7.88. The quantitative estimate of drug-likeness (QED) is 0.924. The fourth-order valence-corrected chi connectivity index (χ4v) is 3.07. The molecule has 1 fully saturated rings. The van der Waals surface area contributed by atoms with Gasteiger partial charge in [0.1, 0.15) is 10.6 Å². The van der Waals surface area contributed by atoms with E-state index >= 15 is 0 Å². The molecule has 0 saturated heterocycles. The Labute approximate surface area is 109 Å². The highest BCUT2D eigenvalue weighted by atomic mass is 79.9. The van der Waals surface area contributed by atoms with E-state index in [0.29, 0.717) is 22.7 Å². The SMILES string of the molecule is Cc1cc(Br)cc(S(N)(=O)=O)c1OCC1CC1. The minimum absolute atomic E-state index is 0.0463. The maximum absolute atomic E-state index is 11.5. The minimum Gasteiger partial charge on any atom is -0.492 e. The number of nitrogens with two attached hydrogens (primary N) is 1. The molecule has 1 aromatic rings. The van der Waals surface area contributed by atoms with Gasteiger partial charge in [-0.25, -0.2) is 13.6 Å². The van der Waals surface area contributed by atoms with Crippen molar-refractivity contribution in [2.75, 3.05) is 6.61 Å². The summed E-state index contributed by atoms with van der Waals surface area (Å²) in [5, 5.41) is 5.19. The highest BCUT2D eigenvalue weighted by Crippen LogP contribution is 2.34. The van der Waals surface area contributed by atoms with Gasteiger partial charge in [0.25, 0.3) is 0 Å². The lowest BCUT2D eigenvalue weighted by atomic mass is 10.2. The smallest absolute Gasteiger partial charge is 0.241 e. The topological polar surface area (TPSA) is 69.4 Å². The van der Waals surface area contributed by atoms with Crippen LogP contribution in [0.1, 0.15) is 18.4 Å². The van der Waals surface area contributed by atoms with Crippen molar-refractivity contribution < 1.29 is 13.2 Å². The monoisotopic (exact) mass is 319 g/mol. The fourth-order valence-electron chi connectivity index (χ4n) is 1.58. The summed E-state index contributed by atoms with van der Waals surface area (Å²) in [6, 6.07) is 3.29. The molecular weight excluding hydrogens is 306 g/mol. The Morgan fingerprint density at radius 2 is 2.12 bits per heavy atom. The first-order valence-corrected chi connectivity index (χ1v) is 7.67. The van der Waals surface area contributed by atoms with Crippen molar-refractivity contribution in [3.05, 3.63) is 22.2 Å². The number of aryl methyl sites for hydroxylation is 1. The van der Waals surface area contributed by atoms with Crippen LogP contribution in [-0.2, 0) is 10.0 Å². The van der Waals surface area contributed by atoms with Crippen LogP contribution >= 0.6 is 15.9 Å². The molecule has 0 aliphatic heterocycles. The van der Waals surface area contributed by atoms with E-state index in [-0.39, 0.29) is 4.90 Å². The molecule has 1 aliphatic rings. The summed E-state index contributed by atoms with van der Waals surface area (Å²) < 4.78 is 29.3.